The molecule has 0 aliphatic heterocycles. The largest absolute Gasteiger partial charge is 0.466 e. The van der Waals surface area contributed by atoms with Crippen LogP contribution in [0.25, 0.3) is 0 Å². The Labute approximate surface area is 162 Å². The normalized spacial score (nSPS) is 12.0. The molecule has 28 heavy (non-hydrogen) atoms. The maximum atomic E-state index is 14.4. The molecule has 2 aromatic heterocycles. The molecule has 0 aliphatic carbocycles. The third kappa shape index (κ3) is 4.19. The summed E-state index contributed by atoms with van der Waals surface area (Å²) < 4.78 is 21.6. The zero-order valence-corrected chi connectivity index (χ0v) is 16.0. The molecule has 0 unspecified atom stereocenters. The Morgan fingerprint density at radius 2 is 2.07 bits per heavy atom. The molecular formula is C21H22FN3O3. The number of benzene rings is 1. The number of imidazole rings is 1. The van der Waals surface area contributed by atoms with Crippen LogP contribution >= 0.6 is 0 Å². The molecule has 0 radical (unpaired) electrons. The number of furan rings is 1. The van der Waals surface area contributed by atoms with Crippen LogP contribution < -0.4 is 5.32 Å². The van der Waals surface area contributed by atoms with Gasteiger partial charge < -0.3 is 14.3 Å². The van der Waals surface area contributed by atoms with Gasteiger partial charge in [-0.1, -0.05) is 18.2 Å². The van der Waals surface area contributed by atoms with Gasteiger partial charge in [-0.15, -0.1) is 0 Å². The van der Waals surface area contributed by atoms with E-state index in [2.05, 4.69) is 10.3 Å². The number of ketones is 1. The first-order valence-electron chi connectivity index (χ1n) is 8.98. The zero-order chi connectivity index (χ0) is 20.3. The first kappa shape index (κ1) is 19.5. The molecule has 146 valence electrons. The summed E-state index contributed by atoms with van der Waals surface area (Å²) >= 11 is 0. The zero-order valence-electron chi connectivity index (χ0n) is 16.0. The summed E-state index contributed by atoms with van der Waals surface area (Å²) in [5.41, 5.74) is 0.866. The van der Waals surface area contributed by atoms with Crippen LogP contribution in [0.5, 0.6) is 0 Å². The van der Waals surface area contributed by atoms with E-state index >= 15 is 0 Å². The summed E-state index contributed by atoms with van der Waals surface area (Å²) in [4.78, 5) is 28.4. The van der Waals surface area contributed by atoms with Gasteiger partial charge in [0.05, 0.1) is 5.56 Å². The molecule has 1 N–H and O–H groups in total. The number of Topliss-reactive ketones (excluding diaryl/α,β-unsaturated/α-hetero) is 1. The highest BCUT2D eigenvalue weighted by molar-refractivity contribution is 5.95. The fourth-order valence-electron chi connectivity index (χ4n) is 3.13. The quantitative estimate of drug-likeness (QED) is 0.634. The standard InChI is InChI=1S/C21H22FN3O3/c1-13(26)17-12-15(28-14(17)2)8-9-19(27)24-20(21-23-10-11-25(21)3)16-6-4-5-7-18(16)22/h4-7,10-12,20H,8-9H2,1-3H3,(H,24,27)/t20-/m1/s1. The van der Waals surface area contributed by atoms with E-state index in [4.69, 9.17) is 4.42 Å². The van der Waals surface area contributed by atoms with Crippen LogP contribution in [0, 0.1) is 12.7 Å². The van der Waals surface area contributed by atoms with Crippen molar-refractivity contribution in [2.45, 2.75) is 32.7 Å². The number of nitrogens with one attached hydrogen (secondary N) is 1. The Kier molecular flexibility index (Phi) is 5.73. The lowest BCUT2D eigenvalue weighted by Gasteiger charge is -2.19. The molecule has 6 nitrogen and oxygen atoms in total. The SMILES string of the molecule is CC(=O)c1cc(CCC(=O)N[C@H](c2ccccc2F)c2nccn2C)oc1C. The van der Waals surface area contributed by atoms with Crippen molar-refractivity contribution in [2.24, 2.45) is 7.05 Å². The third-order valence-corrected chi connectivity index (χ3v) is 4.58. The Balaban J connectivity index is 1.75. The number of hydrogen-bond acceptors (Lipinski definition) is 4. The van der Waals surface area contributed by atoms with Crippen LogP contribution in [0.3, 0.4) is 0 Å². The van der Waals surface area contributed by atoms with E-state index in [-0.39, 0.29) is 18.1 Å². The molecule has 0 bridgehead atoms. The smallest absolute Gasteiger partial charge is 0.221 e. The van der Waals surface area contributed by atoms with Gasteiger partial charge in [0.15, 0.2) is 5.78 Å². The van der Waals surface area contributed by atoms with Crippen molar-refractivity contribution in [1.82, 2.24) is 14.9 Å². The second-order valence-corrected chi connectivity index (χ2v) is 6.66. The molecule has 3 rings (SSSR count). The topological polar surface area (TPSA) is 77.1 Å². The highest BCUT2D eigenvalue weighted by Crippen LogP contribution is 2.23. The second kappa shape index (κ2) is 8.21. The molecule has 1 atom stereocenters. The highest BCUT2D eigenvalue weighted by atomic mass is 19.1. The Morgan fingerprint density at radius 3 is 2.68 bits per heavy atom. The van der Waals surface area contributed by atoms with Gasteiger partial charge in [0, 0.05) is 37.8 Å². The van der Waals surface area contributed by atoms with Gasteiger partial charge in [0.25, 0.3) is 0 Å². The lowest BCUT2D eigenvalue weighted by molar-refractivity contribution is -0.121. The molecule has 0 spiro atoms. The van der Waals surface area contributed by atoms with Crippen molar-refractivity contribution < 1.29 is 18.4 Å². The van der Waals surface area contributed by atoms with Crippen LogP contribution in [0.4, 0.5) is 4.39 Å². The van der Waals surface area contributed by atoms with Gasteiger partial charge in [-0.25, -0.2) is 9.37 Å². The minimum absolute atomic E-state index is 0.0775. The second-order valence-electron chi connectivity index (χ2n) is 6.66. The van der Waals surface area contributed by atoms with E-state index in [0.29, 0.717) is 34.9 Å². The van der Waals surface area contributed by atoms with Crippen molar-refractivity contribution in [3.05, 3.63) is 77.0 Å². The van der Waals surface area contributed by atoms with Crippen LogP contribution in [0.15, 0.2) is 47.1 Å². The average molecular weight is 383 g/mol. The molecule has 0 saturated heterocycles. The third-order valence-electron chi connectivity index (χ3n) is 4.58. The first-order valence-corrected chi connectivity index (χ1v) is 8.98. The molecule has 3 aromatic rings. The summed E-state index contributed by atoms with van der Waals surface area (Å²) in [6, 6.07) is 7.26. The number of aromatic nitrogens is 2. The van der Waals surface area contributed by atoms with Crippen molar-refractivity contribution in [1.29, 1.82) is 0 Å². The molecule has 1 aromatic carbocycles. The van der Waals surface area contributed by atoms with Gasteiger partial charge in [-0.3, -0.25) is 9.59 Å². The summed E-state index contributed by atoms with van der Waals surface area (Å²) in [6.07, 6.45) is 3.82. The fraction of sp³-hybridized carbons (Fsp3) is 0.286. The van der Waals surface area contributed by atoms with Crippen molar-refractivity contribution >= 4 is 11.7 Å². The van der Waals surface area contributed by atoms with Crippen molar-refractivity contribution in [3.63, 3.8) is 0 Å². The predicted molar refractivity (Wildman–Crippen MR) is 101 cm³/mol. The molecule has 1 amide bonds. The molecule has 0 fully saturated rings. The molecule has 7 heteroatoms. The van der Waals surface area contributed by atoms with E-state index in [9.17, 15) is 14.0 Å². The Bertz CT molecular complexity index is 1010. The maximum Gasteiger partial charge on any atom is 0.221 e. The van der Waals surface area contributed by atoms with E-state index in [0.717, 1.165) is 0 Å². The minimum atomic E-state index is -0.709. The minimum Gasteiger partial charge on any atom is -0.466 e. The van der Waals surface area contributed by atoms with Gasteiger partial charge in [0.2, 0.25) is 5.91 Å². The summed E-state index contributed by atoms with van der Waals surface area (Å²) in [5, 5.41) is 2.86. The summed E-state index contributed by atoms with van der Waals surface area (Å²) in [5.74, 6) is 0.883. The van der Waals surface area contributed by atoms with E-state index < -0.39 is 11.9 Å². The predicted octanol–water partition coefficient (Wildman–Crippen LogP) is 3.50. The monoisotopic (exact) mass is 383 g/mol. The number of aryl methyl sites for hydroxylation is 3. The van der Waals surface area contributed by atoms with Gasteiger partial charge in [-0.2, -0.15) is 0 Å². The average Bonchev–Trinajstić information content (AvgIpc) is 3.24. The highest BCUT2D eigenvalue weighted by Gasteiger charge is 2.23. The number of amides is 1. The van der Waals surface area contributed by atoms with Crippen molar-refractivity contribution in [2.75, 3.05) is 0 Å². The van der Waals surface area contributed by atoms with Crippen LogP contribution in [0.2, 0.25) is 0 Å². The van der Waals surface area contributed by atoms with E-state index in [1.807, 2.05) is 0 Å². The lowest BCUT2D eigenvalue weighted by atomic mass is 10.0. The van der Waals surface area contributed by atoms with Crippen molar-refractivity contribution in [3.8, 4) is 0 Å². The van der Waals surface area contributed by atoms with Gasteiger partial charge in [-0.05, 0) is 26.0 Å². The maximum absolute atomic E-state index is 14.4. The summed E-state index contributed by atoms with van der Waals surface area (Å²) in [6.45, 7) is 3.19. The lowest BCUT2D eigenvalue weighted by Crippen LogP contribution is -2.31. The van der Waals surface area contributed by atoms with Gasteiger partial charge >= 0.3 is 0 Å². The number of carbonyl (C=O) groups excluding carboxylic acids is 2. The van der Waals surface area contributed by atoms with Crippen LogP contribution in [-0.2, 0) is 18.3 Å². The number of nitrogens with zero attached hydrogens (tertiary/aromatic N) is 2. The molecule has 0 aliphatic rings. The Morgan fingerprint density at radius 1 is 1.32 bits per heavy atom. The number of halogens is 1. The number of rotatable bonds is 7. The summed E-state index contributed by atoms with van der Waals surface area (Å²) in [7, 11) is 1.79. The molecular weight excluding hydrogens is 361 g/mol. The molecule has 2 heterocycles. The number of hydrogen-bond donors (Lipinski definition) is 1. The molecule has 0 saturated carbocycles. The van der Waals surface area contributed by atoms with E-state index in [1.54, 1.807) is 55.2 Å². The van der Waals surface area contributed by atoms with Gasteiger partial charge in [0.1, 0.15) is 29.2 Å². The Hall–Kier alpha value is -3.22. The first-order chi connectivity index (χ1) is 13.4. The fourth-order valence-corrected chi connectivity index (χ4v) is 3.13. The van der Waals surface area contributed by atoms with Crippen LogP contribution in [0.1, 0.15) is 52.7 Å². The van der Waals surface area contributed by atoms with E-state index in [1.165, 1.54) is 13.0 Å². The number of carbonyl (C=O) groups is 2. The van der Waals surface area contributed by atoms with Crippen LogP contribution in [-0.4, -0.2) is 21.2 Å².